The van der Waals surface area contributed by atoms with E-state index in [1.54, 1.807) is 40.5 Å². The third kappa shape index (κ3) is 5.70. The number of hydrogen-bond donors (Lipinski definition) is 2. The average Bonchev–Trinajstić information content (AvgIpc) is 3.26. The largest absolute Gasteiger partial charge is 0.332 e. The number of aryl methyl sites for hydroxylation is 1. The van der Waals surface area contributed by atoms with Crippen molar-refractivity contribution in [2.24, 2.45) is 0 Å². The second-order valence-electron chi connectivity index (χ2n) is 8.57. The van der Waals surface area contributed by atoms with Gasteiger partial charge >= 0.3 is 6.03 Å². The van der Waals surface area contributed by atoms with E-state index >= 15 is 0 Å². The number of amides is 2. The molecule has 2 N–H and O–H groups in total. The van der Waals surface area contributed by atoms with E-state index < -0.39 is 0 Å². The lowest BCUT2D eigenvalue weighted by molar-refractivity contribution is 0.101. The molecule has 0 saturated heterocycles. The third-order valence-corrected chi connectivity index (χ3v) is 6.74. The highest BCUT2D eigenvalue weighted by Crippen LogP contribution is 2.29. The van der Waals surface area contributed by atoms with Gasteiger partial charge in [-0.2, -0.15) is 5.10 Å². The number of ketones is 1. The van der Waals surface area contributed by atoms with Crippen LogP contribution in [0, 0.1) is 6.92 Å². The fourth-order valence-corrected chi connectivity index (χ4v) is 4.65. The molecule has 8 heteroatoms. The Kier molecular flexibility index (Phi) is 7.00. The molecule has 3 aromatic carbocycles. The molecule has 7 nitrogen and oxygen atoms in total. The van der Waals surface area contributed by atoms with Crippen molar-refractivity contribution in [1.29, 1.82) is 0 Å². The molecule has 37 heavy (non-hydrogen) atoms. The predicted molar refractivity (Wildman–Crippen MR) is 146 cm³/mol. The summed E-state index contributed by atoms with van der Waals surface area (Å²) in [6.45, 7) is 3.76. The van der Waals surface area contributed by atoms with E-state index in [1.807, 2.05) is 73.7 Å². The number of benzene rings is 3. The lowest BCUT2D eigenvalue weighted by Gasteiger charge is -2.10. The second kappa shape index (κ2) is 10.7. The summed E-state index contributed by atoms with van der Waals surface area (Å²) in [5, 5.41) is 11.4. The molecule has 0 fully saturated rings. The van der Waals surface area contributed by atoms with Crippen LogP contribution in [0.1, 0.15) is 28.5 Å². The summed E-state index contributed by atoms with van der Waals surface area (Å²) in [6, 6.07) is 28.5. The van der Waals surface area contributed by atoms with Crippen molar-refractivity contribution in [3.8, 4) is 11.3 Å². The zero-order valence-corrected chi connectivity index (χ0v) is 21.3. The van der Waals surface area contributed by atoms with Crippen LogP contribution in [0.4, 0.5) is 10.5 Å². The summed E-state index contributed by atoms with van der Waals surface area (Å²) < 4.78 is 1.79. The maximum Gasteiger partial charge on any atom is 0.319 e. The highest BCUT2D eigenvalue weighted by Gasteiger charge is 2.17. The fourth-order valence-electron chi connectivity index (χ4n) is 3.85. The molecular weight excluding hydrogens is 482 g/mol. The number of nitrogens with zero attached hydrogens (tertiary/aromatic N) is 3. The zero-order valence-electron chi connectivity index (χ0n) is 20.4. The van der Waals surface area contributed by atoms with Gasteiger partial charge < -0.3 is 10.6 Å². The molecule has 0 spiro atoms. The highest BCUT2D eigenvalue weighted by atomic mass is 32.2. The van der Waals surface area contributed by atoms with E-state index in [4.69, 9.17) is 10.1 Å². The van der Waals surface area contributed by atoms with Gasteiger partial charge in [0.2, 0.25) is 0 Å². The molecule has 0 unspecified atom stereocenters. The van der Waals surface area contributed by atoms with Crippen LogP contribution < -0.4 is 10.6 Å². The number of nitrogens with one attached hydrogen (secondary N) is 2. The monoisotopic (exact) mass is 507 g/mol. The Morgan fingerprint density at radius 3 is 2.32 bits per heavy atom. The Hall–Kier alpha value is -4.43. The third-order valence-electron chi connectivity index (χ3n) is 5.80. The number of urea groups is 1. The number of anilines is 1. The molecule has 5 aromatic rings. The summed E-state index contributed by atoms with van der Waals surface area (Å²) in [5.74, 6) is -0.0236. The molecule has 0 atom stereocenters. The van der Waals surface area contributed by atoms with Crippen LogP contribution >= 0.6 is 11.8 Å². The van der Waals surface area contributed by atoms with Crippen LogP contribution in [-0.4, -0.2) is 26.4 Å². The van der Waals surface area contributed by atoms with Crippen LogP contribution in [0.2, 0.25) is 0 Å². The predicted octanol–water partition coefficient (Wildman–Crippen LogP) is 6.38. The van der Waals surface area contributed by atoms with Gasteiger partial charge in [-0.05, 0) is 62.4 Å². The van der Waals surface area contributed by atoms with Gasteiger partial charge in [0.05, 0.1) is 17.9 Å². The maximum atomic E-state index is 12.7. The molecule has 184 valence electrons. The molecule has 2 aromatic heterocycles. The lowest BCUT2D eigenvalue weighted by Crippen LogP contribution is -2.29. The Balaban J connectivity index is 1.42. The Bertz CT molecular complexity index is 1560. The smallest absolute Gasteiger partial charge is 0.319 e. The highest BCUT2D eigenvalue weighted by molar-refractivity contribution is 7.99. The number of aromatic nitrogens is 3. The minimum Gasteiger partial charge on any atom is -0.332 e. The second-order valence-corrected chi connectivity index (χ2v) is 9.66. The van der Waals surface area contributed by atoms with Crippen molar-refractivity contribution in [2.75, 3.05) is 5.32 Å². The van der Waals surface area contributed by atoms with Crippen molar-refractivity contribution in [3.05, 3.63) is 108 Å². The van der Waals surface area contributed by atoms with Gasteiger partial charge in [-0.1, -0.05) is 59.8 Å². The number of carbonyl (C=O) groups is 2. The molecule has 5 rings (SSSR count). The summed E-state index contributed by atoms with van der Waals surface area (Å²) in [7, 11) is 0. The summed E-state index contributed by atoms with van der Waals surface area (Å²) in [5.41, 5.74) is 5.53. The minimum absolute atomic E-state index is 0.0236. The first-order valence-electron chi connectivity index (χ1n) is 11.8. The quantitative estimate of drug-likeness (QED) is 0.250. The first kappa shape index (κ1) is 24.3. The van der Waals surface area contributed by atoms with E-state index in [2.05, 4.69) is 10.6 Å². The standard InChI is InChI=1S/C29H25N5O2S/c1-19-8-10-22(11-9-19)28-25(18-30-29(36)31-23-14-12-21(13-15-23)20(2)35)34-26(32-28)16-17-27(33-34)37-24-6-4-3-5-7-24/h3-17H,18H2,1-2H3,(H2,30,31,36). The van der Waals surface area contributed by atoms with Gasteiger partial charge in [-0.25, -0.2) is 14.3 Å². The van der Waals surface area contributed by atoms with Crippen LogP contribution in [0.15, 0.2) is 101 Å². The fraction of sp³-hybridized carbons (Fsp3) is 0.103. The number of Topliss-reactive ketones (excluding diaryl/α,β-unsaturated/α-hetero) is 1. The summed E-state index contributed by atoms with van der Waals surface area (Å²) in [4.78, 5) is 30.1. The number of imidazole rings is 1. The van der Waals surface area contributed by atoms with Crippen LogP contribution in [0.25, 0.3) is 16.9 Å². The number of rotatable bonds is 7. The Morgan fingerprint density at radius 1 is 0.892 bits per heavy atom. The Morgan fingerprint density at radius 2 is 1.62 bits per heavy atom. The van der Waals surface area contributed by atoms with Gasteiger partial charge in [0.15, 0.2) is 11.4 Å². The molecule has 0 saturated carbocycles. The van der Waals surface area contributed by atoms with Crippen molar-refractivity contribution < 1.29 is 9.59 Å². The van der Waals surface area contributed by atoms with Crippen LogP contribution in [-0.2, 0) is 6.54 Å². The average molecular weight is 508 g/mol. The lowest BCUT2D eigenvalue weighted by atomic mass is 10.1. The van der Waals surface area contributed by atoms with Crippen molar-refractivity contribution in [3.63, 3.8) is 0 Å². The SMILES string of the molecule is CC(=O)c1ccc(NC(=O)NCc2c(-c3ccc(C)cc3)nc3ccc(Sc4ccccc4)nn23)cc1. The molecule has 2 heterocycles. The van der Waals surface area contributed by atoms with Crippen molar-refractivity contribution >= 4 is 34.9 Å². The Labute approximate surface area is 218 Å². The van der Waals surface area contributed by atoms with Gasteiger partial charge in [0.1, 0.15) is 5.03 Å². The number of carbonyl (C=O) groups excluding carboxylic acids is 2. The van der Waals surface area contributed by atoms with E-state index in [1.165, 1.54) is 6.92 Å². The van der Waals surface area contributed by atoms with Crippen LogP contribution in [0.3, 0.4) is 0 Å². The van der Waals surface area contributed by atoms with E-state index in [0.717, 1.165) is 32.4 Å². The van der Waals surface area contributed by atoms with Crippen LogP contribution in [0.5, 0.6) is 0 Å². The first-order valence-corrected chi connectivity index (χ1v) is 12.6. The van der Waals surface area contributed by atoms with Gasteiger partial charge in [0, 0.05) is 21.7 Å². The van der Waals surface area contributed by atoms with Gasteiger partial charge in [-0.3, -0.25) is 4.79 Å². The molecule has 0 radical (unpaired) electrons. The normalized spacial score (nSPS) is 10.9. The molecule has 0 aliphatic heterocycles. The van der Waals surface area contributed by atoms with E-state index in [0.29, 0.717) is 16.9 Å². The minimum atomic E-state index is -0.366. The molecule has 2 amide bonds. The van der Waals surface area contributed by atoms with Gasteiger partial charge in [0.25, 0.3) is 0 Å². The van der Waals surface area contributed by atoms with Crippen molar-refractivity contribution in [2.45, 2.75) is 30.3 Å². The molecule has 0 bridgehead atoms. The molecular formula is C29H25N5O2S. The van der Waals surface area contributed by atoms with Crippen molar-refractivity contribution in [1.82, 2.24) is 19.9 Å². The van der Waals surface area contributed by atoms with E-state index in [-0.39, 0.29) is 18.4 Å². The topological polar surface area (TPSA) is 88.4 Å². The summed E-state index contributed by atoms with van der Waals surface area (Å²) in [6.07, 6.45) is 0. The molecule has 0 aliphatic carbocycles. The summed E-state index contributed by atoms with van der Waals surface area (Å²) >= 11 is 1.56. The van der Waals surface area contributed by atoms with Gasteiger partial charge in [-0.15, -0.1) is 0 Å². The maximum absolute atomic E-state index is 12.7. The number of fused-ring (bicyclic) bond motifs is 1. The van der Waals surface area contributed by atoms with E-state index in [9.17, 15) is 9.59 Å². The first-order chi connectivity index (χ1) is 18.0. The zero-order chi connectivity index (χ0) is 25.8. The molecule has 0 aliphatic rings. The number of hydrogen-bond acceptors (Lipinski definition) is 5.